The van der Waals surface area contributed by atoms with Crippen molar-refractivity contribution in [2.24, 2.45) is 10.9 Å². The van der Waals surface area contributed by atoms with E-state index in [0.717, 1.165) is 0 Å². The number of nitrogens with one attached hydrogen (secondary N) is 2. The fourth-order valence-electron chi connectivity index (χ4n) is 2.83. The van der Waals surface area contributed by atoms with Crippen molar-refractivity contribution in [2.45, 2.75) is 31.4 Å². The first-order valence-corrected chi connectivity index (χ1v) is 10.4. The maximum absolute atomic E-state index is 12.6. The predicted molar refractivity (Wildman–Crippen MR) is 112 cm³/mol. The summed E-state index contributed by atoms with van der Waals surface area (Å²) in [5.74, 6) is 0.870. The summed E-state index contributed by atoms with van der Waals surface area (Å²) >= 11 is 0. The molecular weight excluding hydrogens is 528 g/mol. The van der Waals surface area contributed by atoms with Gasteiger partial charge in [-0.2, -0.15) is 17.5 Å². The van der Waals surface area contributed by atoms with E-state index in [4.69, 9.17) is 4.42 Å². The van der Waals surface area contributed by atoms with Crippen molar-refractivity contribution in [3.05, 3.63) is 24.2 Å². The summed E-state index contributed by atoms with van der Waals surface area (Å²) in [5.41, 5.74) is -5.27. The van der Waals surface area contributed by atoms with E-state index >= 15 is 0 Å². The van der Waals surface area contributed by atoms with Crippen LogP contribution in [0.2, 0.25) is 0 Å². The monoisotopic (exact) mass is 554 g/mol. The first kappa shape index (κ1) is 26.0. The minimum absolute atomic E-state index is 0. The molecule has 3 N–H and O–H groups in total. The Morgan fingerprint density at radius 3 is 2.55 bits per heavy atom. The molecule has 1 unspecified atom stereocenters. The molecule has 168 valence electrons. The molecule has 1 aliphatic rings. The largest absolute Gasteiger partial charge is 0.511 e. The third kappa shape index (κ3) is 7.29. The van der Waals surface area contributed by atoms with Gasteiger partial charge in [-0.05, 0) is 37.8 Å². The molecule has 1 atom stereocenters. The van der Waals surface area contributed by atoms with Crippen LogP contribution in [0.25, 0.3) is 0 Å². The number of piperidine rings is 1. The number of aliphatic imine (C=N–C) groups is 1. The average Bonchev–Trinajstić information content (AvgIpc) is 3.18. The highest BCUT2D eigenvalue weighted by Crippen LogP contribution is 2.30. The third-order valence-electron chi connectivity index (χ3n) is 4.40. The minimum atomic E-state index is -5.27. The molecule has 1 fully saturated rings. The normalized spacial score (nSPS) is 18.2. The molecule has 0 aliphatic carbocycles. The van der Waals surface area contributed by atoms with Gasteiger partial charge in [-0.25, -0.2) is 8.42 Å². The molecular formula is C16H26F3IN4O4S. The van der Waals surface area contributed by atoms with E-state index < -0.39 is 21.6 Å². The number of aliphatic hydroxyl groups is 1. The Morgan fingerprint density at radius 1 is 1.38 bits per heavy atom. The number of hydrogen-bond donors (Lipinski definition) is 3. The molecule has 29 heavy (non-hydrogen) atoms. The molecule has 0 bridgehead atoms. The van der Waals surface area contributed by atoms with Crippen LogP contribution >= 0.6 is 24.0 Å². The number of alkyl halides is 3. The van der Waals surface area contributed by atoms with Gasteiger partial charge >= 0.3 is 15.5 Å². The zero-order chi connectivity index (χ0) is 20.8. The molecule has 1 saturated heterocycles. The third-order valence-corrected chi connectivity index (χ3v) is 6.03. The first-order valence-electron chi connectivity index (χ1n) is 8.95. The molecule has 1 aromatic rings. The highest BCUT2D eigenvalue weighted by atomic mass is 127. The standard InChI is InChI=1S/C16H25F3N4O4S.HI/c1-2-20-15(22-11-13(24)14-4-3-9-27-14)21-10-12-5-7-23(8-6-12)28(25,26)16(17,18)19;/h3-4,9,12-13,24H,2,5-8,10-11H2,1H3,(H2,20,21,22);1H. The molecule has 8 nitrogen and oxygen atoms in total. The SMILES string of the molecule is CCNC(=NCC(O)c1ccco1)NCC1CCN(S(=O)(=O)C(F)(F)F)CC1.I. The minimum Gasteiger partial charge on any atom is -0.467 e. The molecule has 0 radical (unpaired) electrons. The Kier molecular flexibility index (Phi) is 10.2. The van der Waals surface area contributed by atoms with E-state index in [1.54, 1.807) is 12.1 Å². The summed E-state index contributed by atoms with van der Waals surface area (Å²) < 4.78 is 66.3. The molecule has 1 aliphatic heterocycles. The molecule has 13 heteroatoms. The van der Waals surface area contributed by atoms with E-state index in [-0.39, 0.29) is 49.5 Å². The van der Waals surface area contributed by atoms with Gasteiger partial charge in [0.15, 0.2) is 5.96 Å². The van der Waals surface area contributed by atoms with E-state index in [0.29, 0.717) is 42.0 Å². The van der Waals surface area contributed by atoms with Gasteiger partial charge in [0.2, 0.25) is 0 Å². The lowest BCUT2D eigenvalue weighted by Crippen LogP contribution is -2.47. The van der Waals surface area contributed by atoms with Crippen LogP contribution in [0.3, 0.4) is 0 Å². The van der Waals surface area contributed by atoms with Crippen LogP contribution in [0, 0.1) is 5.92 Å². The number of hydrogen-bond acceptors (Lipinski definition) is 5. The average molecular weight is 554 g/mol. The van der Waals surface area contributed by atoms with E-state index in [2.05, 4.69) is 15.6 Å². The van der Waals surface area contributed by atoms with Gasteiger partial charge in [0.05, 0.1) is 12.8 Å². The van der Waals surface area contributed by atoms with Gasteiger partial charge in [0.25, 0.3) is 0 Å². The van der Waals surface area contributed by atoms with Crippen molar-refractivity contribution in [3.8, 4) is 0 Å². The van der Waals surface area contributed by atoms with Crippen molar-refractivity contribution < 1.29 is 31.1 Å². The second-order valence-corrected chi connectivity index (χ2v) is 8.35. The summed E-state index contributed by atoms with van der Waals surface area (Å²) in [6, 6.07) is 3.31. The first-order chi connectivity index (χ1) is 13.1. The number of nitrogens with zero attached hydrogens (tertiary/aromatic N) is 2. The summed E-state index contributed by atoms with van der Waals surface area (Å²) in [4.78, 5) is 4.27. The Bertz CT molecular complexity index is 736. The van der Waals surface area contributed by atoms with Crippen LogP contribution in [0.4, 0.5) is 13.2 Å². The number of guanidine groups is 1. The second-order valence-electron chi connectivity index (χ2n) is 6.42. The number of aliphatic hydroxyl groups excluding tert-OH is 1. The fraction of sp³-hybridized carbons (Fsp3) is 0.688. The predicted octanol–water partition coefficient (Wildman–Crippen LogP) is 2.05. The Hall–Kier alpha value is -1.06. The van der Waals surface area contributed by atoms with E-state index in [9.17, 15) is 26.7 Å². The van der Waals surface area contributed by atoms with Gasteiger partial charge in [-0.1, -0.05) is 0 Å². The van der Waals surface area contributed by atoms with Crippen molar-refractivity contribution in [3.63, 3.8) is 0 Å². The Labute approximate surface area is 185 Å². The molecule has 1 aromatic heterocycles. The maximum Gasteiger partial charge on any atom is 0.511 e. The molecule has 0 spiro atoms. The lowest BCUT2D eigenvalue weighted by Gasteiger charge is -2.31. The lowest BCUT2D eigenvalue weighted by atomic mass is 9.98. The molecule has 2 heterocycles. The fourth-order valence-corrected chi connectivity index (χ4v) is 3.82. The van der Waals surface area contributed by atoms with Crippen LogP contribution in [-0.2, 0) is 10.0 Å². The van der Waals surface area contributed by atoms with Crippen LogP contribution in [0.1, 0.15) is 31.6 Å². The van der Waals surface area contributed by atoms with Gasteiger partial charge in [-0.3, -0.25) is 4.99 Å². The molecule has 0 saturated carbocycles. The van der Waals surface area contributed by atoms with E-state index in [1.807, 2.05) is 6.92 Å². The van der Waals surface area contributed by atoms with Crippen LogP contribution in [-0.4, -0.2) is 62.0 Å². The Morgan fingerprint density at radius 2 is 2.03 bits per heavy atom. The summed E-state index contributed by atoms with van der Waals surface area (Å²) in [5, 5.41) is 16.1. The van der Waals surface area contributed by atoms with Crippen molar-refractivity contribution >= 4 is 40.0 Å². The summed E-state index contributed by atoms with van der Waals surface area (Å²) in [7, 11) is -5.26. The maximum atomic E-state index is 12.6. The van der Waals surface area contributed by atoms with Crippen LogP contribution in [0.15, 0.2) is 27.8 Å². The molecule has 0 amide bonds. The second kappa shape index (κ2) is 11.4. The highest BCUT2D eigenvalue weighted by molar-refractivity contribution is 14.0. The lowest BCUT2D eigenvalue weighted by molar-refractivity contribution is -0.0496. The van der Waals surface area contributed by atoms with Gasteiger partial charge < -0.3 is 20.2 Å². The zero-order valence-corrected chi connectivity index (χ0v) is 19.0. The van der Waals surface area contributed by atoms with Crippen LogP contribution < -0.4 is 10.6 Å². The van der Waals surface area contributed by atoms with Crippen molar-refractivity contribution in [2.75, 3.05) is 32.7 Å². The summed E-state index contributed by atoms with van der Waals surface area (Å²) in [6.45, 7) is 2.64. The van der Waals surface area contributed by atoms with Crippen molar-refractivity contribution in [1.82, 2.24) is 14.9 Å². The smallest absolute Gasteiger partial charge is 0.467 e. The van der Waals surface area contributed by atoms with Gasteiger partial charge in [0.1, 0.15) is 11.9 Å². The summed E-state index contributed by atoms with van der Waals surface area (Å²) in [6.07, 6.45) is 1.20. The topological polar surface area (TPSA) is 107 Å². The number of furan rings is 1. The Balaban J connectivity index is 0.00000420. The number of halogens is 4. The van der Waals surface area contributed by atoms with E-state index in [1.165, 1.54) is 6.26 Å². The van der Waals surface area contributed by atoms with Gasteiger partial charge in [-0.15, -0.1) is 24.0 Å². The molecule has 2 rings (SSSR count). The number of sulfonamides is 1. The highest BCUT2D eigenvalue weighted by Gasteiger charge is 2.50. The zero-order valence-electron chi connectivity index (χ0n) is 15.9. The quantitative estimate of drug-likeness (QED) is 0.271. The van der Waals surface area contributed by atoms with Crippen LogP contribution in [0.5, 0.6) is 0 Å². The van der Waals surface area contributed by atoms with Crippen molar-refractivity contribution in [1.29, 1.82) is 0 Å². The number of rotatable bonds is 7. The molecule has 0 aromatic carbocycles. The van der Waals surface area contributed by atoms with Gasteiger partial charge in [0, 0.05) is 26.2 Å².